The van der Waals surface area contributed by atoms with Crippen LogP contribution in [-0.2, 0) is 20.9 Å². The summed E-state index contributed by atoms with van der Waals surface area (Å²) in [6.07, 6.45) is 2.75. The van der Waals surface area contributed by atoms with Crippen molar-refractivity contribution < 1.29 is 14.4 Å². The Morgan fingerprint density at radius 1 is 1.16 bits per heavy atom. The molecule has 0 aromatic carbocycles. The number of hydrogen-bond donors (Lipinski definition) is 0. The molecule has 2 aliphatic rings. The van der Waals surface area contributed by atoms with Crippen LogP contribution in [0.4, 0.5) is 0 Å². The van der Waals surface area contributed by atoms with Crippen molar-refractivity contribution in [1.29, 1.82) is 0 Å². The van der Waals surface area contributed by atoms with Crippen LogP contribution in [0, 0.1) is 5.92 Å². The average Bonchev–Trinajstić information content (AvgIpc) is 2.82. The third-order valence-electron chi connectivity index (χ3n) is 4.90. The van der Waals surface area contributed by atoms with Gasteiger partial charge < -0.3 is 14.7 Å². The highest BCUT2D eigenvalue weighted by Crippen LogP contribution is 2.22. The molecule has 7 nitrogen and oxygen atoms in total. The van der Waals surface area contributed by atoms with E-state index in [2.05, 4.69) is 4.98 Å². The number of amides is 3. The molecule has 0 bridgehead atoms. The van der Waals surface area contributed by atoms with Crippen LogP contribution in [0.1, 0.15) is 25.5 Å². The molecule has 1 aromatic heterocycles. The zero-order valence-corrected chi connectivity index (χ0v) is 14.6. The molecule has 0 N–H and O–H groups in total. The van der Waals surface area contributed by atoms with Crippen LogP contribution in [0.5, 0.6) is 0 Å². The zero-order valence-electron chi connectivity index (χ0n) is 14.6. The monoisotopic (exact) mass is 344 g/mol. The Bertz CT molecular complexity index is 649. The van der Waals surface area contributed by atoms with E-state index >= 15 is 0 Å². The predicted molar refractivity (Wildman–Crippen MR) is 91.2 cm³/mol. The molecule has 2 fully saturated rings. The maximum Gasteiger partial charge on any atom is 0.228 e. The highest BCUT2D eigenvalue weighted by atomic mass is 16.2. The molecule has 3 amide bonds. The summed E-state index contributed by atoms with van der Waals surface area (Å²) in [5.74, 6) is -0.210. The van der Waals surface area contributed by atoms with Crippen LogP contribution in [0.15, 0.2) is 24.4 Å². The van der Waals surface area contributed by atoms with Gasteiger partial charge in [-0.25, -0.2) is 0 Å². The maximum atomic E-state index is 12.8. The quantitative estimate of drug-likeness (QED) is 0.801. The van der Waals surface area contributed by atoms with E-state index in [1.54, 1.807) is 22.9 Å². The van der Waals surface area contributed by atoms with Crippen LogP contribution in [-0.4, -0.2) is 70.1 Å². The zero-order chi connectivity index (χ0) is 17.8. The average molecular weight is 344 g/mol. The summed E-state index contributed by atoms with van der Waals surface area (Å²) in [4.78, 5) is 46.1. The van der Waals surface area contributed by atoms with Gasteiger partial charge in [0.1, 0.15) is 0 Å². The number of carbonyl (C=O) groups excluding carboxylic acids is 3. The third kappa shape index (κ3) is 4.15. The van der Waals surface area contributed by atoms with Crippen molar-refractivity contribution in [2.75, 3.05) is 32.7 Å². The topological polar surface area (TPSA) is 73.8 Å². The molecule has 25 heavy (non-hydrogen) atoms. The number of pyridine rings is 1. The lowest BCUT2D eigenvalue weighted by Crippen LogP contribution is -2.40. The molecular formula is C18H24N4O3. The first-order valence-corrected chi connectivity index (χ1v) is 8.76. The minimum absolute atomic E-state index is 0.00388. The fourth-order valence-corrected chi connectivity index (χ4v) is 3.49. The molecule has 3 rings (SSSR count). The second-order valence-corrected chi connectivity index (χ2v) is 6.68. The van der Waals surface area contributed by atoms with Gasteiger partial charge in [0.15, 0.2) is 0 Å². The summed E-state index contributed by atoms with van der Waals surface area (Å²) in [5.41, 5.74) is 0.829. The largest absolute Gasteiger partial charge is 0.341 e. The summed E-state index contributed by atoms with van der Waals surface area (Å²) in [6, 6.07) is 5.61. The maximum absolute atomic E-state index is 12.8. The number of rotatable bonds is 3. The van der Waals surface area contributed by atoms with Gasteiger partial charge in [0, 0.05) is 52.3 Å². The van der Waals surface area contributed by atoms with Crippen LogP contribution in [0.3, 0.4) is 0 Å². The van der Waals surface area contributed by atoms with Gasteiger partial charge in [-0.2, -0.15) is 0 Å². The molecule has 0 spiro atoms. The molecule has 0 saturated carbocycles. The van der Waals surface area contributed by atoms with Gasteiger partial charge in [-0.1, -0.05) is 6.07 Å². The Kier molecular flexibility index (Phi) is 5.31. The van der Waals surface area contributed by atoms with Gasteiger partial charge in [-0.05, 0) is 18.6 Å². The van der Waals surface area contributed by atoms with Crippen molar-refractivity contribution in [2.24, 2.45) is 5.92 Å². The molecule has 1 aromatic rings. The second-order valence-electron chi connectivity index (χ2n) is 6.68. The van der Waals surface area contributed by atoms with E-state index in [0.717, 1.165) is 12.1 Å². The smallest absolute Gasteiger partial charge is 0.228 e. The molecule has 0 radical (unpaired) electrons. The number of aromatic nitrogens is 1. The van der Waals surface area contributed by atoms with Gasteiger partial charge in [-0.3, -0.25) is 19.4 Å². The molecule has 1 atom stereocenters. The molecule has 3 heterocycles. The van der Waals surface area contributed by atoms with E-state index in [0.29, 0.717) is 39.3 Å². The third-order valence-corrected chi connectivity index (χ3v) is 4.90. The van der Waals surface area contributed by atoms with Gasteiger partial charge in [-0.15, -0.1) is 0 Å². The molecule has 2 saturated heterocycles. The van der Waals surface area contributed by atoms with Crippen LogP contribution in [0.25, 0.3) is 0 Å². The number of likely N-dealkylation sites (tertiary alicyclic amines) is 1. The fraction of sp³-hybridized carbons (Fsp3) is 0.556. The standard InChI is InChI=1S/C18H24N4O3/c1-14(23)20-7-4-8-21(10-9-20)18(25)15-11-17(24)22(12-15)13-16-5-2-3-6-19-16/h2-3,5-6,15H,4,7-13H2,1H3/t15-/m1/s1. The Morgan fingerprint density at radius 3 is 2.64 bits per heavy atom. The van der Waals surface area contributed by atoms with Gasteiger partial charge in [0.25, 0.3) is 0 Å². The summed E-state index contributed by atoms with van der Waals surface area (Å²) in [6.45, 7) is 4.90. The van der Waals surface area contributed by atoms with Gasteiger partial charge in [0.2, 0.25) is 17.7 Å². The minimum atomic E-state index is -0.292. The summed E-state index contributed by atoms with van der Waals surface area (Å²) < 4.78 is 0. The normalized spacial score (nSPS) is 21.4. The predicted octanol–water partition coefficient (Wildman–Crippen LogP) is 0.511. The molecule has 0 unspecified atom stereocenters. The number of carbonyl (C=O) groups is 3. The van der Waals surface area contributed by atoms with E-state index in [-0.39, 0.29) is 30.1 Å². The van der Waals surface area contributed by atoms with E-state index in [1.807, 2.05) is 23.1 Å². The van der Waals surface area contributed by atoms with Crippen molar-refractivity contribution in [2.45, 2.75) is 26.3 Å². The SMILES string of the molecule is CC(=O)N1CCCN(C(=O)[C@@H]2CC(=O)N(Cc3ccccn3)C2)CC1. The first-order valence-electron chi connectivity index (χ1n) is 8.76. The summed E-state index contributed by atoms with van der Waals surface area (Å²) in [7, 11) is 0. The highest BCUT2D eigenvalue weighted by molar-refractivity contribution is 5.89. The Labute approximate surface area is 147 Å². The van der Waals surface area contributed by atoms with Crippen molar-refractivity contribution >= 4 is 17.7 Å². The van der Waals surface area contributed by atoms with Crippen molar-refractivity contribution in [3.05, 3.63) is 30.1 Å². The molecule has 0 aliphatic carbocycles. The molecule has 2 aliphatic heterocycles. The fourth-order valence-electron chi connectivity index (χ4n) is 3.49. The second kappa shape index (κ2) is 7.63. The Balaban J connectivity index is 1.58. The van der Waals surface area contributed by atoms with E-state index in [4.69, 9.17) is 0 Å². The summed E-state index contributed by atoms with van der Waals surface area (Å²) in [5, 5.41) is 0. The summed E-state index contributed by atoms with van der Waals surface area (Å²) >= 11 is 0. The lowest BCUT2D eigenvalue weighted by Gasteiger charge is -2.24. The Morgan fingerprint density at radius 2 is 1.92 bits per heavy atom. The number of hydrogen-bond acceptors (Lipinski definition) is 4. The first kappa shape index (κ1) is 17.4. The minimum Gasteiger partial charge on any atom is -0.341 e. The van der Waals surface area contributed by atoms with Crippen LogP contribution >= 0.6 is 0 Å². The molecule has 7 heteroatoms. The van der Waals surface area contributed by atoms with Crippen molar-refractivity contribution in [1.82, 2.24) is 19.7 Å². The molecule has 134 valence electrons. The van der Waals surface area contributed by atoms with E-state index < -0.39 is 0 Å². The lowest BCUT2D eigenvalue weighted by atomic mass is 10.1. The van der Waals surface area contributed by atoms with Gasteiger partial charge in [0.05, 0.1) is 18.2 Å². The van der Waals surface area contributed by atoms with Crippen LogP contribution in [0.2, 0.25) is 0 Å². The Hall–Kier alpha value is -2.44. The van der Waals surface area contributed by atoms with Gasteiger partial charge >= 0.3 is 0 Å². The number of nitrogens with zero attached hydrogens (tertiary/aromatic N) is 4. The molecular weight excluding hydrogens is 320 g/mol. The first-order chi connectivity index (χ1) is 12.0. The highest BCUT2D eigenvalue weighted by Gasteiger charge is 2.37. The van der Waals surface area contributed by atoms with Crippen LogP contribution < -0.4 is 0 Å². The van der Waals surface area contributed by atoms with E-state index in [1.165, 1.54) is 0 Å². The van der Waals surface area contributed by atoms with Crippen molar-refractivity contribution in [3.8, 4) is 0 Å². The van der Waals surface area contributed by atoms with Crippen molar-refractivity contribution in [3.63, 3.8) is 0 Å². The van der Waals surface area contributed by atoms with E-state index in [9.17, 15) is 14.4 Å². The lowest BCUT2D eigenvalue weighted by molar-refractivity contribution is -0.136.